The Morgan fingerprint density at radius 1 is 0.864 bits per heavy atom. The maximum absolute atomic E-state index is 7.58. The summed E-state index contributed by atoms with van der Waals surface area (Å²) in [7, 11) is 1.62. The van der Waals surface area contributed by atoms with Crippen molar-refractivity contribution in [3.63, 3.8) is 0 Å². The lowest BCUT2D eigenvalue weighted by Crippen LogP contribution is -1.88. The van der Waals surface area contributed by atoms with Gasteiger partial charge in [0, 0.05) is 20.8 Å². The normalized spacial score (nSPS) is 11.3. The molecule has 0 fully saturated rings. The SMILES string of the molecule is [2H]C([2H])([2H])c1ccc(C#[N+]C)c(C#Cc2cc(C)ccc2C#CC)c1. The van der Waals surface area contributed by atoms with Gasteiger partial charge in [-0.2, -0.15) is 0 Å². The maximum atomic E-state index is 7.58. The highest BCUT2D eigenvalue weighted by atomic mass is 14.6. The lowest BCUT2D eigenvalue weighted by Gasteiger charge is -1.99. The summed E-state index contributed by atoms with van der Waals surface area (Å²) in [6.07, 6.45) is 0. The van der Waals surface area contributed by atoms with Gasteiger partial charge in [0.2, 0.25) is 0 Å². The van der Waals surface area contributed by atoms with Crippen molar-refractivity contribution in [2.45, 2.75) is 20.7 Å². The lowest BCUT2D eigenvalue weighted by atomic mass is 10.0. The topological polar surface area (TPSA) is 4.36 Å². The molecule has 0 aromatic heterocycles. The van der Waals surface area contributed by atoms with Gasteiger partial charge in [-0.25, -0.2) is 0 Å². The Balaban J connectivity index is 2.60. The van der Waals surface area contributed by atoms with Gasteiger partial charge in [0.05, 0.1) is 0 Å². The molecule has 0 aliphatic carbocycles. The fraction of sp³-hybridized carbons (Fsp3) is 0.190. The zero-order valence-electron chi connectivity index (χ0n) is 15.9. The van der Waals surface area contributed by atoms with Crippen molar-refractivity contribution in [1.82, 2.24) is 0 Å². The van der Waals surface area contributed by atoms with E-state index in [9.17, 15) is 0 Å². The van der Waals surface area contributed by atoms with E-state index in [1.165, 1.54) is 0 Å². The number of aryl methyl sites for hydroxylation is 2. The molecule has 2 rings (SSSR count). The minimum atomic E-state index is -2.18. The minimum absolute atomic E-state index is 0.247. The van der Waals surface area contributed by atoms with Crippen molar-refractivity contribution in [1.29, 1.82) is 0 Å². The van der Waals surface area contributed by atoms with Crippen LogP contribution in [-0.2, 0) is 0 Å². The highest BCUT2D eigenvalue weighted by molar-refractivity contribution is 5.57. The molecule has 0 saturated carbocycles. The van der Waals surface area contributed by atoms with Crippen LogP contribution in [0, 0.1) is 43.5 Å². The van der Waals surface area contributed by atoms with E-state index in [4.69, 9.17) is 4.11 Å². The molecular formula is C21H18N+. The highest BCUT2D eigenvalue weighted by Gasteiger charge is 2.03. The number of rotatable bonds is 0. The van der Waals surface area contributed by atoms with Crippen molar-refractivity contribution in [3.8, 4) is 29.8 Å². The van der Waals surface area contributed by atoms with E-state index in [1.807, 2.05) is 25.1 Å². The molecule has 0 aliphatic heterocycles. The van der Waals surface area contributed by atoms with E-state index in [0.29, 0.717) is 11.1 Å². The maximum Gasteiger partial charge on any atom is 0.311 e. The van der Waals surface area contributed by atoms with Crippen LogP contribution in [0.5, 0.6) is 0 Å². The Bertz CT molecular complexity index is 981. The quantitative estimate of drug-likeness (QED) is 0.633. The first-order valence-corrected chi connectivity index (χ1v) is 6.90. The van der Waals surface area contributed by atoms with Gasteiger partial charge in [0.1, 0.15) is 5.56 Å². The molecule has 22 heavy (non-hydrogen) atoms. The predicted octanol–water partition coefficient (Wildman–Crippen LogP) is 4.39. The van der Waals surface area contributed by atoms with Gasteiger partial charge in [0.25, 0.3) is 7.05 Å². The third-order valence-corrected chi connectivity index (χ3v) is 3.02. The van der Waals surface area contributed by atoms with Crippen LogP contribution in [0.3, 0.4) is 0 Å². The van der Waals surface area contributed by atoms with E-state index in [-0.39, 0.29) is 5.56 Å². The lowest BCUT2D eigenvalue weighted by molar-refractivity contribution is 1.42. The van der Waals surface area contributed by atoms with Crippen LogP contribution in [0.2, 0.25) is 0 Å². The zero-order chi connectivity index (χ0) is 18.4. The molecule has 0 heterocycles. The van der Waals surface area contributed by atoms with Crippen LogP contribution in [0.4, 0.5) is 0 Å². The van der Waals surface area contributed by atoms with Crippen molar-refractivity contribution >= 4 is 0 Å². The zero-order valence-corrected chi connectivity index (χ0v) is 12.9. The molecule has 0 unspecified atom stereocenters. The van der Waals surface area contributed by atoms with Crippen LogP contribution in [0.25, 0.3) is 4.85 Å². The van der Waals surface area contributed by atoms with Crippen molar-refractivity contribution < 1.29 is 4.11 Å². The van der Waals surface area contributed by atoms with Crippen LogP contribution in [0.1, 0.15) is 44.4 Å². The summed E-state index contributed by atoms with van der Waals surface area (Å²) in [5.41, 5.74) is 4.24. The van der Waals surface area contributed by atoms with Gasteiger partial charge in [-0.05, 0) is 56.1 Å². The van der Waals surface area contributed by atoms with Gasteiger partial charge >= 0.3 is 6.07 Å². The molecule has 1 heteroatoms. The largest absolute Gasteiger partial charge is 0.311 e. The molecule has 2 aromatic carbocycles. The Labute approximate surface area is 137 Å². The first kappa shape index (κ1) is 11.7. The second-order valence-corrected chi connectivity index (χ2v) is 4.77. The van der Waals surface area contributed by atoms with Crippen molar-refractivity contribution in [2.24, 2.45) is 0 Å². The first-order valence-electron chi connectivity index (χ1n) is 8.40. The van der Waals surface area contributed by atoms with E-state index in [2.05, 4.69) is 34.6 Å². The Hall–Kier alpha value is -2.95. The average Bonchev–Trinajstić information content (AvgIpc) is 2.55. The molecule has 0 N–H and O–H groups in total. The third-order valence-electron chi connectivity index (χ3n) is 3.02. The fourth-order valence-corrected chi connectivity index (χ4v) is 2.01. The molecule has 0 radical (unpaired) electrons. The summed E-state index contributed by atoms with van der Waals surface area (Å²) in [5, 5.41) is 0. The number of benzene rings is 2. The van der Waals surface area contributed by atoms with Crippen LogP contribution >= 0.6 is 0 Å². The summed E-state index contributed by atoms with van der Waals surface area (Å²) >= 11 is 0. The summed E-state index contributed by atoms with van der Waals surface area (Å²) < 4.78 is 22.7. The standard InChI is InChI=1S/C21H18N/c1-5-6-18-9-7-16(2)13-19(18)11-12-20-14-17(3)8-10-21(20)15-22-4/h7-10,13-14H,1-4H3/q+1/i3D3. The fourth-order valence-electron chi connectivity index (χ4n) is 2.01. The molecule has 0 atom stereocenters. The highest BCUT2D eigenvalue weighted by Crippen LogP contribution is 2.12. The van der Waals surface area contributed by atoms with Crippen molar-refractivity contribution in [2.75, 3.05) is 7.05 Å². The second-order valence-electron chi connectivity index (χ2n) is 4.77. The number of hydrogen-bond acceptors (Lipinski definition) is 0. The summed E-state index contributed by atoms with van der Waals surface area (Å²) in [4.78, 5) is 3.89. The predicted molar refractivity (Wildman–Crippen MR) is 93.2 cm³/mol. The monoisotopic (exact) mass is 287 g/mol. The Morgan fingerprint density at radius 3 is 2.18 bits per heavy atom. The van der Waals surface area contributed by atoms with E-state index in [0.717, 1.165) is 16.7 Å². The van der Waals surface area contributed by atoms with E-state index < -0.39 is 6.85 Å². The number of nitrogens with zero attached hydrogens (tertiary/aromatic N) is 1. The van der Waals surface area contributed by atoms with Crippen LogP contribution in [0.15, 0.2) is 36.4 Å². The van der Waals surface area contributed by atoms with Gasteiger partial charge in [-0.3, -0.25) is 0 Å². The van der Waals surface area contributed by atoms with Crippen LogP contribution in [-0.4, -0.2) is 7.05 Å². The van der Waals surface area contributed by atoms with Crippen molar-refractivity contribution in [3.05, 3.63) is 74.6 Å². The third kappa shape index (κ3) is 3.79. The van der Waals surface area contributed by atoms with E-state index in [1.54, 1.807) is 32.2 Å². The summed E-state index contributed by atoms with van der Waals surface area (Å²) in [6.45, 7) is 1.59. The molecule has 0 saturated heterocycles. The molecule has 0 amide bonds. The summed E-state index contributed by atoms with van der Waals surface area (Å²) in [5.74, 6) is 12.1. The Kier molecular flexibility index (Phi) is 3.81. The molecule has 2 aromatic rings. The van der Waals surface area contributed by atoms with Gasteiger partial charge < -0.3 is 0 Å². The smallest absolute Gasteiger partial charge is 0.101 e. The molecular weight excluding hydrogens is 266 g/mol. The first-order chi connectivity index (χ1) is 11.8. The molecule has 1 nitrogen and oxygen atoms in total. The minimum Gasteiger partial charge on any atom is -0.101 e. The number of hydrogen-bond donors (Lipinski definition) is 0. The average molecular weight is 287 g/mol. The van der Waals surface area contributed by atoms with Gasteiger partial charge in [0.15, 0.2) is 0 Å². The molecule has 0 spiro atoms. The molecule has 0 bridgehead atoms. The van der Waals surface area contributed by atoms with Gasteiger partial charge in [-0.1, -0.05) is 34.7 Å². The Morgan fingerprint density at radius 2 is 1.50 bits per heavy atom. The molecule has 106 valence electrons. The van der Waals surface area contributed by atoms with E-state index >= 15 is 0 Å². The second kappa shape index (κ2) is 7.17. The van der Waals surface area contributed by atoms with Crippen LogP contribution < -0.4 is 0 Å². The molecule has 0 aliphatic rings. The van der Waals surface area contributed by atoms with Gasteiger partial charge in [-0.15, -0.1) is 5.92 Å². The summed E-state index contributed by atoms with van der Waals surface area (Å²) in [6, 6.07) is 13.6.